The summed E-state index contributed by atoms with van der Waals surface area (Å²) in [5.41, 5.74) is 2.58. The summed E-state index contributed by atoms with van der Waals surface area (Å²) in [6.45, 7) is 1.91. The molecule has 0 aliphatic rings. The molecule has 0 aliphatic heterocycles. The summed E-state index contributed by atoms with van der Waals surface area (Å²) in [7, 11) is 0. The fourth-order valence-corrected chi connectivity index (χ4v) is 1.96. The van der Waals surface area contributed by atoms with Crippen LogP contribution >= 0.6 is 15.9 Å². The number of nitrogens with zero attached hydrogens (tertiary/aromatic N) is 2. The topological polar surface area (TPSA) is 54.7 Å². The second-order valence-electron chi connectivity index (χ2n) is 3.50. The predicted molar refractivity (Wildman–Crippen MR) is 64.0 cm³/mol. The number of imidazole rings is 1. The van der Waals surface area contributed by atoms with Crippen molar-refractivity contribution >= 4 is 27.1 Å². The predicted octanol–water partition coefficient (Wildman–Crippen LogP) is 3.29. The molecule has 3 heterocycles. The minimum Gasteiger partial charge on any atom is -0.469 e. The standard InChI is InChI=1S/C11H8BrN3O/c1-6-8(2-3-16-6)10-14-9-4-7(12)5-13-11(9)15-10/h2-5H,1H3,(H,13,14,15). The Bertz CT molecular complexity index is 656. The Morgan fingerprint density at radius 1 is 1.44 bits per heavy atom. The van der Waals surface area contributed by atoms with Gasteiger partial charge in [-0.25, -0.2) is 9.97 Å². The molecule has 0 radical (unpaired) electrons. The first-order valence-corrected chi connectivity index (χ1v) is 5.59. The van der Waals surface area contributed by atoms with Gasteiger partial charge in [-0.1, -0.05) is 0 Å². The molecule has 3 aromatic rings. The number of fused-ring (bicyclic) bond motifs is 1. The van der Waals surface area contributed by atoms with Gasteiger partial charge in [0.2, 0.25) is 0 Å². The van der Waals surface area contributed by atoms with Crippen LogP contribution in [0.2, 0.25) is 0 Å². The molecule has 4 nitrogen and oxygen atoms in total. The molecule has 0 bridgehead atoms. The van der Waals surface area contributed by atoms with Crippen LogP contribution in [0.5, 0.6) is 0 Å². The molecule has 80 valence electrons. The van der Waals surface area contributed by atoms with Crippen molar-refractivity contribution in [2.24, 2.45) is 0 Å². The summed E-state index contributed by atoms with van der Waals surface area (Å²) in [4.78, 5) is 11.8. The Kier molecular flexibility index (Phi) is 2.07. The number of aryl methyl sites for hydroxylation is 1. The zero-order valence-corrected chi connectivity index (χ0v) is 10.1. The van der Waals surface area contributed by atoms with Crippen LogP contribution < -0.4 is 0 Å². The summed E-state index contributed by atoms with van der Waals surface area (Å²) in [6.07, 6.45) is 3.39. The number of aromatic amines is 1. The molecule has 0 unspecified atom stereocenters. The number of aromatic nitrogens is 3. The summed E-state index contributed by atoms with van der Waals surface area (Å²) in [6, 6.07) is 3.84. The maximum absolute atomic E-state index is 5.25. The number of H-pyrrole nitrogens is 1. The second-order valence-corrected chi connectivity index (χ2v) is 4.42. The van der Waals surface area contributed by atoms with Crippen molar-refractivity contribution in [1.82, 2.24) is 15.0 Å². The van der Waals surface area contributed by atoms with Crippen molar-refractivity contribution in [3.05, 3.63) is 34.8 Å². The van der Waals surface area contributed by atoms with E-state index < -0.39 is 0 Å². The van der Waals surface area contributed by atoms with Gasteiger partial charge in [0.15, 0.2) is 5.65 Å². The van der Waals surface area contributed by atoms with Gasteiger partial charge in [0.25, 0.3) is 0 Å². The molecule has 0 spiro atoms. The van der Waals surface area contributed by atoms with E-state index in [0.29, 0.717) is 5.65 Å². The fourth-order valence-electron chi connectivity index (χ4n) is 1.63. The van der Waals surface area contributed by atoms with Gasteiger partial charge in [-0.15, -0.1) is 0 Å². The largest absolute Gasteiger partial charge is 0.469 e. The van der Waals surface area contributed by atoms with Crippen molar-refractivity contribution < 1.29 is 4.42 Å². The van der Waals surface area contributed by atoms with Crippen molar-refractivity contribution in [3.63, 3.8) is 0 Å². The molecule has 16 heavy (non-hydrogen) atoms. The first-order chi connectivity index (χ1) is 7.74. The molecule has 5 heteroatoms. The Balaban J connectivity index is 2.23. The van der Waals surface area contributed by atoms with Gasteiger partial charge in [-0.2, -0.15) is 0 Å². The van der Waals surface area contributed by atoms with E-state index >= 15 is 0 Å². The molecule has 0 amide bonds. The first-order valence-electron chi connectivity index (χ1n) is 4.80. The summed E-state index contributed by atoms with van der Waals surface area (Å²) < 4.78 is 6.18. The van der Waals surface area contributed by atoms with Crippen LogP contribution in [-0.2, 0) is 0 Å². The highest BCUT2D eigenvalue weighted by Crippen LogP contribution is 2.24. The molecule has 0 fully saturated rings. The highest BCUT2D eigenvalue weighted by atomic mass is 79.9. The Labute approximate surface area is 99.8 Å². The van der Waals surface area contributed by atoms with Crippen molar-refractivity contribution in [1.29, 1.82) is 0 Å². The first kappa shape index (κ1) is 9.59. The third-order valence-corrected chi connectivity index (χ3v) is 2.85. The number of nitrogens with one attached hydrogen (secondary N) is 1. The van der Waals surface area contributed by atoms with Crippen LogP contribution in [-0.4, -0.2) is 15.0 Å². The maximum Gasteiger partial charge on any atom is 0.178 e. The molecule has 1 N–H and O–H groups in total. The lowest BCUT2D eigenvalue weighted by Gasteiger charge is -1.90. The summed E-state index contributed by atoms with van der Waals surface area (Å²) in [5.74, 6) is 1.63. The van der Waals surface area contributed by atoms with E-state index in [1.54, 1.807) is 12.5 Å². The van der Waals surface area contributed by atoms with Crippen LogP contribution in [0.15, 0.2) is 33.5 Å². The van der Waals surface area contributed by atoms with Gasteiger partial charge in [0.1, 0.15) is 11.6 Å². The number of pyridine rings is 1. The van der Waals surface area contributed by atoms with Crippen LogP contribution in [0, 0.1) is 6.92 Å². The van der Waals surface area contributed by atoms with E-state index in [4.69, 9.17) is 4.42 Å². The zero-order valence-electron chi connectivity index (χ0n) is 8.49. The van der Waals surface area contributed by atoms with Gasteiger partial charge >= 0.3 is 0 Å². The molecule has 3 rings (SSSR count). The third-order valence-electron chi connectivity index (χ3n) is 2.42. The number of hydrogen-bond donors (Lipinski definition) is 1. The van der Waals surface area contributed by atoms with Crippen molar-refractivity contribution in [3.8, 4) is 11.4 Å². The van der Waals surface area contributed by atoms with Gasteiger partial charge in [-0.05, 0) is 35.0 Å². The molecular weight excluding hydrogens is 270 g/mol. The smallest absolute Gasteiger partial charge is 0.178 e. The zero-order chi connectivity index (χ0) is 11.1. The number of halogens is 1. The molecule has 0 aliphatic carbocycles. The highest BCUT2D eigenvalue weighted by molar-refractivity contribution is 9.10. The summed E-state index contributed by atoms with van der Waals surface area (Å²) in [5, 5.41) is 0. The lowest BCUT2D eigenvalue weighted by atomic mass is 10.2. The fraction of sp³-hybridized carbons (Fsp3) is 0.0909. The van der Waals surface area contributed by atoms with E-state index in [9.17, 15) is 0 Å². The van der Waals surface area contributed by atoms with Crippen LogP contribution in [0.25, 0.3) is 22.6 Å². The molecule has 0 saturated carbocycles. The Morgan fingerprint density at radius 3 is 3.06 bits per heavy atom. The van der Waals surface area contributed by atoms with Gasteiger partial charge < -0.3 is 9.40 Å². The highest BCUT2D eigenvalue weighted by Gasteiger charge is 2.10. The van der Waals surface area contributed by atoms with E-state index in [2.05, 4.69) is 30.9 Å². The lowest BCUT2D eigenvalue weighted by Crippen LogP contribution is -1.79. The van der Waals surface area contributed by atoms with E-state index in [1.165, 1.54) is 0 Å². The Hall–Kier alpha value is -1.62. The number of furan rings is 1. The lowest BCUT2D eigenvalue weighted by molar-refractivity contribution is 0.535. The van der Waals surface area contributed by atoms with E-state index in [0.717, 1.165) is 27.1 Å². The van der Waals surface area contributed by atoms with Crippen molar-refractivity contribution in [2.45, 2.75) is 6.92 Å². The average Bonchev–Trinajstić information content (AvgIpc) is 2.82. The van der Waals surface area contributed by atoms with Crippen molar-refractivity contribution in [2.75, 3.05) is 0 Å². The SMILES string of the molecule is Cc1occc1-c1nc2ncc(Br)cc2[nH]1. The molecule has 0 aromatic carbocycles. The molecule has 0 saturated heterocycles. The average molecular weight is 278 g/mol. The normalized spacial score (nSPS) is 11.1. The quantitative estimate of drug-likeness (QED) is 0.743. The minimum atomic E-state index is 0.707. The third kappa shape index (κ3) is 1.44. The monoisotopic (exact) mass is 277 g/mol. The molecule has 3 aromatic heterocycles. The maximum atomic E-state index is 5.25. The summed E-state index contributed by atoms with van der Waals surface area (Å²) >= 11 is 3.38. The number of hydrogen-bond acceptors (Lipinski definition) is 3. The van der Waals surface area contributed by atoms with Gasteiger partial charge in [-0.3, -0.25) is 0 Å². The van der Waals surface area contributed by atoms with Crippen LogP contribution in [0.4, 0.5) is 0 Å². The second kappa shape index (κ2) is 3.45. The van der Waals surface area contributed by atoms with Gasteiger partial charge in [0.05, 0.1) is 17.3 Å². The Morgan fingerprint density at radius 2 is 2.31 bits per heavy atom. The molecular formula is C11H8BrN3O. The van der Waals surface area contributed by atoms with E-state index in [1.807, 2.05) is 19.1 Å². The minimum absolute atomic E-state index is 0.707. The van der Waals surface area contributed by atoms with E-state index in [-0.39, 0.29) is 0 Å². The molecule has 0 atom stereocenters. The van der Waals surface area contributed by atoms with Crippen LogP contribution in [0.1, 0.15) is 5.76 Å². The van der Waals surface area contributed by atoms with Gasteiger partial charge in [0, 0.05) is 10.7 Å². The number of rotatable bonds is 1. The van der Waals surface area contributed by atoms with Crippen LogP contribution in [0.3, 0.4) is 0 Å².